The number of aryl methyl sites for hydroxylation is 1. The van der Waals surface area contributed by atoms with Crippen molar-refractivity contribution >= 4 is 10.9 Å². The number of aromatic nitrogens is 1. The van der Waals surface area contributed by atoms with Crippen molar-refractivity contribution in [3.8, 4) is 5.75 Å². The standard InChI is InChI=1S/C20H21NO2/c1-21-19-8-7-16(23-13-14-5-3-2-4-6-14)11-18(19)17-9-15(12-22)10-20(17)21/h2-8,11,15,22H,9-10,12-13H2,1H3. The van der Waals surface area contributed by atoms with Gasteiger partial charge in [-0.1, -0.05) is 30.3 Å². The van der Waals surface area contributed by atoms with Crippen molar-refractivity contribution < 1.29 is 9.84 Å². The summed E-state index contributed by atoms with van der Waals surface area (Å²) >= 11 is 0. The Labute approximate surface area is 136 Å². The van der Waals surface area contributed by atoms with Crippen molar-refractivity contribution in [1.29, 1.82) is 0 Å². The number of aliphatic hydroxyl groups excluding tert-OH is 1. The van der Waals surface area contributed by atoms with E-state index in [0.29, 0.717) is 12.5 Å². The van der Waals surface area contributed by atoms with Crippen LogP contribution in [0.25, 0.3) is 10.9 Å². The Morgan fingerprint density at radius 3 is 2.74 bits per heavy atom. The first-order valence-electron chi connectivity index (χ1n) is 8.14. The number of ether oxygens (including phenoxy) is 1. The summed E-state index contributed by atoms with van der Waals surface area (Å²) in [4.78, 5) is 0. The van der Waals surface area contributed by atoms with Crippen LogP contribution in [0.2, 0.25) is 0 Å². The Bertz CT molecular complexity index is 836. The van der Waals surface area contributed by atoms with Gasteiger partial charge in [-0.3, -0.25) is 0 Å². The van der Waals surface area contributed by atoms with Crippen LogP contribution in [0.4, 0.5) is 0 Å². The Kier molecular flexibility index (Phi) is 3.58. The lowest BCUT2D eigenvalue weighted by Crippen LogP contribution is -2.07. The van der Waals surface area contributed by atoms with Crippen LogP contribution in [-0.2, 0) is 26.5 Å². The molecule has 3 nitrogen and oxygen atoms in total. The van der Waals surface area contributed by atoms with Gasteiger partial charge in [0, 0.05) is 30.3 Å². The van der Waals surface area contributed by atoms with Gasteiger partial charge in [-0.05, 0) is 48.1 Å². The molecule has 1 atom stereocenters. The number of hydrogen-bond donors (Lipinski definition) is 1. The molecule has 0 bridgehead atoms. The SMILES string of the molecule is Cn1c2c(c3cc(OCc4ccccc4)ccc31)CC(CO)C2. The molecule has 1 unspecified atom stereocenters. The minimum absolute atomic E-state index is 0.264. The van der Waals surface area contributed by atoms with Crippen molar-refractivity contribution in [1.82, 2.24) is 4.57 Å². The summed E-state index contributed by atoms with van der Waals surface area (Å²) in [5.74, 6) is 1.27. The minimum Gasteiger partial charge on any atom is -0.489 e. The molecule has 1 aliphatic rings. The van der Waals surface area contributed by atoms with Crippen molar-refractivity contribution in [2.45, 2.75) is 19.4 Å². The maximum atomic E-state index is 9.45. The topological polar surface area (TPSA) is 34.4 Å². The number of rotatable bonds is 4. The third kappa shape index (κ3) is 2.51. The maximum Gasteiger partial charge on any atom is 0.120 e. The predicted octanol–water partition coefficient (Wildman–Crippen LogP) is 3.46. The van der Waals surface area contributed by atoms with Crippen molar-refractivity contribution in [2.75, 3.05) is 6.61 Å². The molecule has 3 aromatic rings. The van der Waals surface area contributed by atoms with E-state index < -0.39 is 0 Å². The van der Waals surface area contributed by atoms with E-state index in [1.165, 1.54) is 27.7 Å². The number of aliphatic hydroxyl groups is 1. The quantitative estimate of drug-likeness (QED) is 0.801. The monoisotopic (exact) mass is 307 g/mol. The summed E-state index contributed by atoms with van der Waals surface area (Å²) in [5, 5.41) is 10.7. The average Bonchev–Trinajstić information content (AvgIpc) is 3.13. The highest BCUT2D eigenvalue weighted by atomic mass is 16.5. The van der Waals surface area contributed by atoms with Gasteiger partial charge in [0.25, 0.3) is 0 Å². The van der Waals surface area contributed by atoms with Crippen LogP contribution >= 0.6 is 0 Å². The molecule has 118 valence electrons. The van der Waals surface area contributed by atoms with Gasteiger partial charge in [0.15, 0.2) is 0 Å². The second-order valence-corrected chi connectivity index (χ2v) is 6.39. The van der Waals surface area contributed by atoms with E-state index in [0.717, 1.165) is 18.6 Å². The summed E-state index contributed by atoms with van der Waals surface area (Å²) in [5.41, 5.74) is 5.16. The molecular weight excluding hydrogens is 286 g/mol. The van der Waals surface area contributed by atoms with Gasteiger partial charge in [-0.15, -0.1) is 0 Å². The fourth-order valence-corrected chi connectivity index (χ4v) is 3.63. The lowest BCUT2D eigenvalue weighted by Gasteiger charge is -2.09. The van der Waals surface area contributed by atoms with E-state index in [-0.39, 0.29) is 6.61 Å². The first-order valence-corrected chi connectivity index (χ1v) is 8.14. The Morgan fingerprint density at radius 2 is 1.96 bits per heavy atom. The van der Waals surface area contributed by atoms with E-state index in [4.69, 9.17) is 4.74 Å². The van der Waals surface area contributed by atoms with Crippen LogP contribution in [-0.4, -0.2) is 16.3 Å². The van der Waals surface area contributed by atoms with E-state index in [1.54, 1.807) is 0 Å². The molecule has 1 aliphatic carbocycles. The molecule has 3 heteroatoms. The smallest absolute Gasteiger partial charge is 0.120 e. The van der Waals surface area contributed by atoms with Crippen molar-refractivity contribution in [2.24, 2.45) is 13.0 Å². The molecule has 0 aliphatic heterocycles. The van der Waals surface area contributed by atoms with E-state index in [1.807, 2.05) is 24.3 Å². The normalized spacial score (nSPS) is 16.7. The predicted molar refractivity (Wildman–Crippen MR) is 91.7 cm³/mol. The Balaban J connectivity index is 1.63. The molecular formula is C20H21NO2. The molecule has 1 aromatic heterocycles. The Morgan fingerprint density at radius 1 is 1.13 bits per heavy atom. The molecule has 23 heavy (non-hydrogen) atoms. The average molecular weight is 307 g/mol. The van der Waals surface area contributed by atoms with Crippen LogP contribution in [0.15, 0.2) is 48.5 Å². The second kappa shape index (κ2) is 5.74. The highest BCUT2D eigenvalue weighted by molar-refractivity contribution is 5.87. The van der Waals surface area contributed by atoms with Crippen molar-refractivity contribution in [3.05, 3.63) is 65.4 Å². The van der Waals surface area contributed by atoms with Crippen LogP contribution < -0.4 is 4.74 Å². The summed E-state index contributed by atoms with van der Waals surface area (Å²) in [6.45, 7) is 0.848. The zero-order valence-electron chi connectivity index (χ0n) is 13.3. The fourth-order valence-electron chi connectivity index (χ4n) is 3.63. The van der Waals surface area contributed by atoms with Crippen LogP contribution in [0, 0.1) is 5.92 Å². The van der Waals surface area contributed by atoms with E-state index in [2.05, 4.69) is 35.9 Å². The number of benzene rings is 2. The third-order valence-electron chi connectivity index (χ3n) is 4.89. The Hall–Kier alpha value is -2.26. The first-order chi connectivity index (χ1) is 11.3. The van der Waals surface area contributed by atoms with E-state index >= 15 is 0 Å². The van der Waals surface area contributed by atoms with Crippen LogP contribution in [0.5, 0.6) is 5.75 Å². The largest absolute Gasteiger partial charge is 0.489 e. The second-order valence-electron chi connectivity index (χ2n) is 6.39. The molecule has 4 rings (SSSR count). The van der Waals surface area contributed by atoms with E-state index in [9.17, 15) is 5.11 Å². The molecule has 0 saturated heterocycles. The lowest BCUT2D eigenvalue weighted by atomic mass is 10.1. The zero-order chi connectivity index (χ0) is 15.8. The van der Waals surface area contributed by atoms with Gasteiger partial charge in [-0.2, -0.15) is 0 Å². The van der Waals surface area contributed by atoms with Gasteiger partial charge in [0.2, 0.25) is 0 Å². The van der Waals surface area contributed by atoms with Gasteiger partial charge < -0.3 is 14.4 Å². The molecule has 0 amide bonds. The molecule has 1 N–H and O–H groups in total. The van der Waals surface area contributed by atoms with Gasteiger partial charge in [0.05, 0.1) is 0 Å². The summed E-state index contributed by atoms with van der Waals surface area (Å²) in [6.07, 6.45) is 1.93. The van der Waals surface area contributed by atoms with Crippen molar-refractivity contribution in [3.63, 3.8) is 0 Å². The number of nitrogens with zero attached hydrogens (tertiary/aromatic N) is 1. The van der Waals surface area contributed by atoms with Gasteiger partial charge in [0.1, 0.15) is 12.4 Å². The number of fused-ring (bicyclic) bond motifs is 3. The minimum atomic E-state index is 0.264. The summed E-state index contributed by atoms with van der Waals surface area (Å²) in [7, 11) is 2.12. The summed E-state index contributed by atoms with van der Waals surface area (Å²) in [6, 6.07) is 16.6. The van der Waals surface area contributed by atoms with Crippen LogP contribution in [0.3, 0.4) is 0 Å². The lowest BCUT2D eigenvalue weighted by molar-refractivity contribution is 0.231. The zero-order valence-corrected chi connectivity index (χ0v) is 13.3. The molecule has 0 spiro atoms. The highest BCUT2D eigenvalue weighted by Crippen LogP contribution is 2.36. The molecule has 2 aromatic carbocycles. The molecule has 0 radical (unpaired) electrons. The molecule has 0 fully saturated rings. The fraction of sp³-hybridized carbons (Fsp3) is 0.300. The highest BCUT2D eigenvalue weighted by Gasteiger charge is 2.27. The third-order valence-corrected chi connectivity index (χ3v) is 4.89. The summed E-state index contributed by atoms with van der Waals surface area (Å²) < 4.78 is 8.23. The van der Waals surface area contributed by atoms with Crippen LogP contribution in [0.1, 0.15) is 16.8 Å². The molecule has 1 heterocycles. The van der Waals surface area contributed by atoms with Gasteiger partial charge in [-0.25, -0.2) is 0 Å². The number of hydrogen-bond acceptors (Lipinski definition) is 2. The maximum absolute atomic E-state index is 9.45. The molecule has 0 saturated carbocycles. The van der Waals surface area contributed by atoms with Gasteiger partial charge >= 0.3 is 0 Å². The first kappa shape index (κ1) is 14.3.